The minimum atomic E-state index is -0.478. The van der Waals surface area contributed by atoms with Crippen LogP contribution < -0.4 is 83.3 Å². The molecule has 482 valence electrons. The topological polar surface area (TPSA) is 191 Å². The maximum Gasteiger partial charge on any atom is 0.157 e. The van der Waals surface area contributed by atoms with Gasteiger partial charge in [0.1, 0.15) is 48.3 Å². The summed E-state index contributed by atoms with van der Waals surface area (Å²) in [4.78, 5) is 4.54. The van der Waals surface area contributed by atoms with Crippen molar-refractivity contribution in [3.8, 4) is 17.2 Å². The zero-order valence-electron chi connectivity index (χ0n) is 53.4. The van der Waals surface area contributed by atoms with Gasteiger partial charge in [0.15, 0.2) is 17.5 Å². The third-order valence-electron chi connectivity index (χ3n) is 20.6. The van der Waals surface area contributed by atoms with Crippen LogP contribution in [0.3, 0.4) is 0 Å². The monoisotopic (exact) mass is 1220 g/mol. The van der Waals surface area contributed by atoms with Gasteiger partial charge in [0, 0.05) is 98.6 Å². The summed E-state index contributed by atoms with van der Waals surface area (Å²) in [7, 11) is 6.19. The molecule has 3 aromatic carbocycles. The Bertz CT molecular complexity index is 3070. The van der Waals surface area contributed by atoms with E-state index >= 15 is 13.2 Å². The molecular formula is C67H100F3N15O3. The van der Waals surface area contributed by atoms with E-state index in [9.17, 15) is 0 Å². The fraction of sp³-hybridized carbons (Fsp3) is 0.642. The van der Waals surface area contributed by atoms with E-state index in [2.05, 4.69) is 153 Å². The number of likely N-dealkylation sites (N-methyl/N-ethyl adjacent to an activating group) is 2. The van der Waals surface area contributed by atoms with Crippen LogP contribution in [0.2, 0.25) is 0 Å². The minimum absolute atomic E-state index is 0.0677. The molecule has 0 saturated carbocycles. The summed E-state index contributed by atoms with van der Waals surface area (Å²) in [6.45, 7) is 19.7. The van der Waals surface area contributed by atoms with Gasteiger partial charge in [-0.25, -0.2) is 13.2 Å². The summed E-state index contributed by atoms with van der Waals surface area (Å²) < 4.78 is 71.6. The molecule has 0 aromatic heterocycles. The highest BCUT2D eigenvalue weighted by Crippen LogP contribution is 2.46. The minimum Gasteiger partial charge on any atom is -0.492 e. The van der Waals surface area contributed by atoms with Crippen molar-refractivity contribution in [3.63, 3.8) is 0 Å². The molecule has 9 aliphatic heterocycles. The Labute approximate surface area is 520 Å². The summed E-state index contributed by atoms with van der Waals surface area (Å²) in [5, 5.41) is 47.3. The normalized spacial score (nSPS) is 32.0. The number of ether oxygens (including phenoxy) is 3. The molecule has 88 heavy (non-hydrogen) atoms. The lowest BCUT2D eigenvalue weighted by molar-refractivity contribution is 0.134. The Morgan fingerprint density at radius 1 is 0.545 bits per heavy atom. The van der Waals surface area contributed by atoms with Gasteiger partial charge in [-0.1, -0.05) is 39.0 Å². The summed E-state index contributed by atoms with van der Waals surface area (Å²) >= 11 is 0. The van der Waals surface area contributed by atoms with Crippen molar-refractivity contribution in [2.75, 3.05) is 96.1 Å². The average molecular weight is 1220 g/mol. The third kappa shape index (κ3) is 13.5. The summed E-state index contributed by atoms with van der Waals surface area (Å²) in [5.74, 6) is 1.79. The van der Waals surface area contributed by atoms with E-state index in [4.69, 9.17) is 14.2 Å². The van der Waals surface area contributed by atoms with Gasteiger partial charge in [-0.05, 0) is 154 Å². The number of nitrogens with one attached hydrogen (secondary N) is 13. The molecule has 9 heterocycles. The van der Waals surface area contributed by atoms with Crippen LogP contribution in [0.5, 0.6) is 17.2 Å². The molecule has 0 spiro atoms. The molecule has 13 N–H and O–H groups in total. The number of nitrogens with zero attached hydrogens (tertiary/aromatic N) is 2. The highest BCUT2D eigenvalue weighted by Gasteiger charge is 2.41. The van der Waals surface area contributed by atoms with Crippen molar-refractivity contribution < 1.29 is 27.4 Å². The van der Waals surface area contributed by atoms with E-state index in [-0.39, 0.29) is 84.4 Å². The fourth-order valence-electron chi connectivity index (χ4n) is 15.4. The fourth-order valence-corrected chi connectivity index (χ4v) is 15.4. The predicted octanol–water partition coefficient (Wildman–Crippen LogP) is 6.93. The highest BCUT2D eigenvalue weighted by atomic mass is 19.1. The van der Waals surface area contributed by atoms with Crippen molar-refractivity contribution in [2.45, 2.75) is 180 Å². The number of allylic oxidation sites excluding steroid dienone is 3. The lowest BCUT2D eigenvalue weighted by Gasteiger charge is -2.43. The van der Waals surface area contributed by atoms with Gasteiger partial charge in [0.25, 0.3) is 0 Å². The van der Waals surface area contributed by atoms with Gasteiger partial charge in [-0.15, -0.1) is 0 Å². The summed E-state index contributed by atoms with van der Waals surface area (Å²) in [6, 6.07) is 6.19. The lowest BCUT2D eigenvalue weighted by atomic mass is 9.92. The van der Waals surface area contributed by atoms with Crippen LogP contribution in [0.25, 0.3) is 16.7 Å². The molecule has 0 amide bonds. The Morgan fingerprint density at radius 2 is 1.01 bits per heavy atom. The quantitative estimate of drug-likeness (QED) is 0.0628. The van der Waals surface area contributed by atoms with Crippen LogP contribution in [0.4, 0.5) is 30.2 Å². The molecule has 21 heteroatoms. The maximum atomic E-state index is 17.7. The molecule has 0 bridgehead atoms. The Kier molecular flexibility index (Phi) is 20.0. The largest absolute Gasteiger partial charge is 0.492 e. The molecule has 3 saturated heterocycles. The van der Waals surface area contributed by atoms with Gasteiger partial charge in [0.2, 0.25) is 0 Å². The molecule has 9 aliphatic rings. The number of benzene rings is 3. The van der Waals surface area contributed by atoms with E-state index < -0.39 is 12.6 Å². The molecule has 3 aromatic rings. The smallest absolute Gasteiger partial charge is 0.157 e. The van der Waals surface area contributed by atoms with Crippen molar-refractivity contribution in [3.05, 3.63) is 87.3 Å². The molecule has 3 fully saturated rings. The van der Waals surface area contributed by atoms with Crippen LogP contribution in [0.15, 0.2) is 36.4 Å². The lowest BCUT2D eigenvalue weighted by Crippen LogP contribution is -2.69. The number of rotatable bonds is 18. The van der Waals surface area contributed by atoms with E-state index in [1.54, 1.807) is 0 Å². The number of fused-ring (bicyclic) bond motifs is 3. The van der Waals surface area contributed by atoms with Crippen molar-refractivity contribution in [1.82, 2.24) is 63.0 Å². The van der Waals surface area contributed by atoms with Gasteiger partial charge in [0.05, 0.1) is 58.9 Å². The first-order valence-electron chi connectivity index (χ1n) is 33.3. The second-order valence-corrected chi connectivity index (χ2v) is 26.7. The zero-order valence-corrected chi connectivity index (χ0v) is 53.4. The van der Waals surface area contributed by atoms with Crippen molar-refractivity contribution >= 4 is 33.8 Å². The third-order valence-corrected chi connectivity index (χ3v) is 20.6. The first kappa shape index (κ1) is 63.2. The molecule has 14 atom stereocenters. The predicted molar refractivity (Wildman–Crippen MR) is 347 cm³/mol. The molecule has 14 unspecified atom stereocenters. The zero-order chi connectivity index (χ0) is 61.3. The standard InChI is InChI=1S/C67H100F3N15O3/c1-10-48-38(5)76-66(82-63(48)71-7)79-52-33-45-30-47(88-61(45)55(58(52)70)42-17-14-25-85(9)27-20-42)35-74-64-49(11-2)39(6)77-67(83-64)80-51-32-44-29-46(87-60(44)54(57(51)69)40-15-12-22-72-23-18-40)34-73-62-36(3)37(4)75-65(81-62)78-50-31-43-21-28-86-59(43)53(56(50)68)41-16-13-24-84(8)26-19-41/h18-20,31-33,36-39,46-49,62-67,71-83H,10-17,21-30,34-35H2,1-9H3. The Balaban J connectivity index is 0.728. The van der Waals surface area contributed by atoms with Crippen LogP contribution in [-0.4, -0.2) is 158 Å². The van der Waals surface area contributed by atoms with Crippen molar-refractivity contribution in [2.24, 2.45) is 17.8 Å². The van der Waals surface area contributed by atoms with Gasteiger partial charge >= 0.3 is 0 Å². The van der Waals surface area contributed by atoms with Crippen LogP contribution in [0.1, 0.15) is 126 Å². The van der Waals surface area contributed by atoms with Crippen LogP contribution in [0, 0.1) is 35.2 Å². The molecule has 0 aliphatic carbocycles. The molecular weight excluding hydrogens is 1120 g/mol. The van der Waals surface area contributed by atoms with E-state index in [0.29, 0.717) is 96.0 Å². The number of hydrogen-bond acceptors (Lipinski definition) is 18. The van der Waals surface area contributed by atoms with Crippen molar-refractivity contribution in [1.29, 1.82) is 0 Å². The first-order valence-corrected chi connectivity index (χ1v) is 33.3. The Hall–Kier alpha value is -5.01. The van der Waals surface area contributed by atoms with Gasteiger partial charge < -0.3 is 50.6 Å². The maximum absolute atomic E-state index is 17.7. The molecule has 0 radical (unpaired) electrons. The second kappa shape index (κ2) is 27.8. The number of hydrogen-bond donors (Lipinski definition) is 13. The molecule has 12 rings (SSSR count). The average Bonchev–Trinajstić information content (AvgIpc) is 2.80. The second-order valence-electron chi connectivity index (χ2n) is 26.7. The number of anilines is 3. The van der Waals surface area contributed by atoms with E-state index in [1.165, 1.54) is 0 Å². The Morgan fingerprint density at radius 3 is 1.56 bits per heavy atom. The SMILES string of the molecule is CCC1C(C)NC(Nc2cc3c(c(C4=CCN(C)CCC4)c2F)OC(CNC2NC(Nc4cc5c(c(C6=CCNCCC6)c4F)OC(CNC4NC(Nc6cc7c(c(C8=CCN(C)CCC8)c6F)OCC7)NC(C)C4C)C5)NC(C)C2CC)C3)NC1NC. The van der Waals surface area contributed by atoms with Crippen LogP contribution in [-0.2, 0) is 19.3 Å². The highest BCUT2D eigenvalue weighted by molar-refractivity contribution is 5.80. The van der Waals surface area contributed by atoms with Crippen LogP contribution >= 0.6 is 0 Å². The van der Waals surface area contributed by atoms with E-state index in [0.717, 1.165) is 124 Å². The first-order chi connectivity index (χ1) is 42.6. The number of halogens is 3. The molecule has 18 nitrogen and oxygen atoms in total. The van der Waals surface area contributed by atoms with E-state index in [1.807, 2.05) is 25.2 Å². The van der Waals surface area contributed by atoms with Gasteiger partial charge in [-0.2, -0.15) is 0 Å². The van der Waals surface area contributed by atoms with Gasteiger partial charge in [-0.3, -0.25) is 42.5 Å². The summed E-state index contributed by atoms with van der Waals surface area (Å²) in [5.41, 5.74) is 8.94. The summed E-state index contributed by atoms with van der Waals surface area (Å²) in [6.07, 6.45) is 13.4.